The Morgan fingerprint density at radius 3 is 2.33 bits per heavy atom. The van der Waals surface area contributed by atoms with Crippen LogP contribution >= 0.6 is 11.8 Å². The van der Waals surface area contributed by atoms with Gasteiger partial charge in [-0.1, -0.05) is 60.3 Å². The Balaban J connectivity index is 2.09. The molecule has 18 heavy (non-hydrogen) atoms. The lowest BCUT2D eigenvalue weighted by atomic mass is 10.1. The smallest absolute Gasteiger partial charge is 0.0784 e. The number of allylic oxidation sites excluding steroid dienone is 1. The van der Waals surface area contributed by atoms with Gasteiger partial charge in [0.1, 0.15) is 0 Å². The molecule has 0 spiro atoms. The first-order valence-corrected chi connectivity index (χ1v) is 6.50. The van der Waals surface area contributed by atoms with Crippen LogP contribution in [0, 0.1) is 5.41 Å². The molecule has 2 nitrogen and oxygen atoms in total. The second kappa shape index (κ2) is 4.35. The number of benzene rings is 2. The minimum absolute atomic E-state index is 0.525. The molecular formula is C15H12N2S. The number of nitrogens with two attached hydrogens (primary N) is 1. The molecular weight excluding hydrogens is 240 g/mol. The van der Waals surface area contributed by atoms with E-state index in [1.165, 1.54) is 0 Å². The molecule has 0 radical (unpaired) electrons. The summed E-state index contributed by atoms with van der Waals surface area (Å²) in [6, 6.07) is 17.8. The van der Waals surface area contributed by atoms with Gasteiger partial charge < -0.3 is 5.73 Å². The first kappa shape index (κ1) is 11.1. The van der Waals surface area contributed by atoms with Crippen LogP contribution in [0.25, 0.3) is 5.70 Å². The predicted octanol–water partition coefficient (Wildman–Crippen LogP) is 3.49. The van der Waals surface area contributed by atoms with Crippen LogP contribution in [-0.4, -0.2) is 5.71 Å². The topological polar surface area (TPSA) is 49.9 Å². The third-order valence-corrected chi connectivity index (χ3v) is 4.13. The lowest BCUT2D eigenvalue weighted by Gasteiger charge is -2.05. The van der Waals surface area contributed by atoms with Crippen LogP contribution < -0.4 is 5.73 Å². The summed E-state index contributed by atoms with van der Waals surface area (Å²) >= 11 is 1.58. The SMILES string of the molecule is N=C1/C(=C(\N)c2ccccc2)Sc2ccccc21. The molecule has 1 aliphatic heterocycles. The van der Waals surface area contributed by atoms with Crippen LogP contribution in [-0.2, 0) is 0 Å². The van der Waals surface area contributed by atoms with Crippen molar-refractivity contribution in [3.8, 4) is 0 Å². The number of rotatable bonds is 1. The Kier molecular flexibility index (Phi) is 2.68. The van der Waals surface area contributed by atoms with Crippen LogP contribution in [0.1, 0.15) is 11.1 Å². The molecule has 3 rings (SSSR count). The zero-order valence-electron chi connectivity index (χ0n) is 9.68. The van der Waals surface area contributed by atoms with Crippen molar-refractivity contribution in [3.63, 3.8) is 0 Å². The molecule has 0 unspecified atom stereocenters. The molecule has 0 saturated heterocycles. The van der Waals surface area contributed by atoms with Crippen LogP contribution in [0.4, 0.5) is 0 Å². The van der Waals surface area contributed by atoms with Gasteiger partial charge >= 0.3 is 0 Å². The second-order valence-electron chi connectivity index (χ2n) is 4.08. The Labute approximate surface area is 110 Å². The monoisotopic (exact) mass is 252 g/mol. The lowest BCUT2D eigenvalue weighted by molar-refractivity contribution is 1.41. The van der Waals surface area contributed by atoms with Crippen molar-refractivity contribution in [2.75, 3.05) is 0 Å². The van der Waals surface area contributed by atoms with Gasteiger partial charge in [-0.15, -0.1) is 0 Å². The minimum atomic E-state index is 0.525. The molecule has 2 aromatic carbocycles. The van der Waals surface area contributed by atoms with Crippen molar-refractivity contribution in [3.05, 3.63) is 70.6 Å². The summed E-state index contributed by atoms with van der Waals surface area (Å²) in [5, 5.41) is 8.21. The second-order valence-corrected chi connectivity index (χ2v) is 5.13. The highest BCUT2D eigenvalue weighted by molar-refractivity contribution is 8.05. The number of fused-ring (bicyclic) bond motifs is 1. The minimum Gasteiger partial charge on any atom is -0.397 e. The molecule has 88 valence electrons. The standard InChI is InChI=1S/C15H12N2S/c16-13(10-6-2-1-3-7-10)15-14(17)11-8-4-5-9-12(11)18-15/h1-9,17H,16H2/b15-13+,17-14?. The Morgan fingerprint density at radius 2 is 1.61 bits per heavy atom. The van der Waals surface area contributed by atoms with E-state index in [1.807, 2.05) is 54.6 Å². The Bertz CT molecular complexity index is 645. The van der Waals surface area contributed by atoms with Crippen LogP contribution in [0.3, 0.4) is 0 Å². The Hall–Kier alpha value is -2.00. The molecule has 2 aromatic rings. The fourth-order valence-electron chi connectivity index (χ4n) is 1.98. The van der Waals surface area contributed by atoms with Crippen molar-refractivity contribution in [1.82, 2.24) is 0 Å². The average molecular weight is 252 g/mol. The van der Waals surface area contributed by atoms with E-state index in [2.05, 4.69) is 0 Å². The van der Waals surface area contributed by atoms with E-state index in [0.29, 0.717) is 11.4 Å². The summed E-state index contributed by atoms with van der Waals surface area (Å²) in [5.74, 6) is 0. The number of nitrogens with one attached hydrogen (secondary N) is 1. The van der Waals surface area contributed by atoms with Crippen molar-refractivity contribution in [1.29, 1.82) is 5.41 Å². The maximum absolute atomic E-state index is 8.21. The van der Waals surface area contributed by atoms with Crippen molar-refractivity contribution < 1.29 is 0 Å². The Morgan fingerprint density at radius 1 is 0.944 bits per heavy atom. The molecule has 0 aromatic heterocycles. The summed E-state index contributed by atoms with van der Waals surface area (Å²) in [4.78, 5) is 1.96. The summed E-state index contributed by atoms with van der Waals surface area (Å²) in [6.45, 7) is 0. The van der Waals surface area contributed by atoms with Crippen LogP contribution in [0.5, 0.6) is 0 Å². The van der Waals surface area contributed by atoms with E-state index < -0.39 is 0 Å². The molecule has 0 saturated carbocycles. The third kappa shape index (κ3) is 1.73. The summed E-state index contributed by atoms with van der Waals surface area (Å²) in [6.07, 6.45) is 0. The molecule has 3 heteroatoms. The fourth-order valence-corrected chi connectivity index (χ4v) is 3.07. The van der Waals surface area contributed by atoms with E-state index in [0.717, 1.165) is 20.9 Å². The summed E-state index contributed by atoms with van der Waals surface area (Å²) in [7, 11) is 0. The van der Waals surface area contributed by atoms with Gasteiger partial charge in [0.25, 0.3) is 0 Å². The van der Waals surface area contributed by atoms with E-state index in [-0.39, 0.29) is 0 Å². The molecule has 0 atom stereocenters. The first-order chi connectivity index (χ1) is 8.77. The maximum Gasteiger partial charge on any atom is 0.0784 e. The third-order valence-electron chi connectivity index (χ3n) is 2.92. The molecule has 1 aliphatic rings. The summed E-state index contributed by atoms with van der Waals surface area (Å²) < 4.78 is 0. The van der Waals surface area contributed by atoms with Gasteiger partial charge in [-0.25, -0.2) is 0 Å². The number of hydrogen-bond donors (Lipinski definition) is 2. The lowest BCUT2D eigenvalue weighted by Crippen LogP contribution is -2.04. The first-order valence-electron chi connectivity index (χ1n) is 5.68. The van der Waals surface area contributed by atoms with Crippen LogP contribution in [0.15, 0.2) is 64.4 Å². The van der Waals surface area contributed by atoms with Gasteiger partial charge in [0.15, 0.2) is 0 Å². The highest BCUT2D eigenvalue weighted by Crippen LogP contribution is 2.41. The van der Waals surface area contributed by atoms with Gasteiger partial charge in [-0.2, -0.15) is 0 Å². The molecule has 1 heterocycles. The normalized spacial score (nSPS) is 16.6. The zero-order valence-corrected chi connectivity index (χ0v) is 10.5. The van der Waals surface area contributed by atoms with Gasteiger partial charge in [0.05, 0.1) is 16.3 Å². The average Bonchev–Trinajstić information content (AvgIpc) is 2.77. The van der Waals surface area contributed by atoms with E-state index in [4.69, 9.17) is 11.1 Å². The van der Waals surface area contributed by atoms with E-state index in [1.54, 1.807) is 11.8 Å². The van der Waals surface area contributed by atoms with E-state index in [9.17, 15) is 0 Å². The van der Waals surface area contributed by atoms with Crippen molar-refractivity contribution >= 4 is 23.2 Å². The molecule has 0 bridgehead atoms. The number of thioether (sulfide) groups is 1. The van der Waals surface area contributed by atoms with Crippen molar-refractivity contribution in [2.24, 2.45) is 5.73 Å². The quantitative estimate of drug-likeness (QED) is 0.816. The van der Waals surface area contributed by atoms with E-state index >= 15 is 0 Å². The van der Waals surface area contributed by atoms with Crippen molar-refractivity contribution in [2.45, 2.75) is 4.90 Å². The largest absolute Gasteiger partial charge is 0.397 e. The zero-order chi connectivity index (χ0) is 12.5. The molecule has 3 N–H and O–H groups in total. The van der Waals surface area contributed by atoms with Gasteiger partial charge in [0.2, 0.25) is 0 Å². The highest BCUT2D eigenvalue weighted by Gasteiger charge is 2.24. The fraction of sp³-hybridized carbons (Fsp3) is 0. The van der Waals surface area contributed by atoms with Gasteiger partial charge in [-0.3, -0.25) is 5.41 Å². The maximum atomic E-state index is 8.21. The molecule has 0 aliphatic carbocycles. The van der Waals surface area contributed by atoms with Gasteiger partial charge in [0, 0.05) is 10.5 Å². The molecule has 0 amide bonds. The van der Waals surface area contributed by atoms with Gasteiger partial charge in [-0.05, 0) is 11.6 Å². The van der Waals surface area contributed by atoms with Crippen LogP contribution in [0.2, 0.25) is 0 Å². The molecule has 0 fully saturated rings. The number of hydrogen-bond acceptors (Lipinski definition) is 3. The predicted molar refractivity (Wildman–Crippen MR) is 76.7 cm³/mol. The highest BCUT2D eigenvalue weighted by atomic mass is 32.2. The summed E-state index contributed by atoms with van der Waals surface area (Å²) in [5.41, 5.74) is 9.33.